The van der Waals surface area contributed by atoms with Gasteiger partial charge in [0.2, 0.25) is 11.8 Å². The maximum atomic E-state index is 12.9. The van der Waals surface area contributed by atoms with E-state index in [1.165, 1.54) is 0 Å². The predicted molar refractivity (Wildman–Crippen MR) is 103 cm³/mol. The van der Waals surface area contributed by atoms with E-state index in [1.807, 2.05) is 0 Å². The van der Waals surface area contributed by atoms with Crippen LogP contribution in [0.15, 0.2) is 0 Å². The molecule has 0 spiro atoms. The molecule has 0 radical (unpaired) electrons. The summed E-state index contributed by atoms with van der Waals surface area (Å²) in [7, 11) is 0. The SMILES string of the molecule is CC1CCN(C(=O)C(C)N2CCCC(CNC(=O)C3CCCN3)C2)CC1. The van der Waals surface area contributed by atoms with Crippen LogP contribution in [-0.2, 0) is 9.59 Å². The van der Waals surface area contributed by atoms with Crippen LogP contribution in [0.5, 0.6) is 0 Å². The van der Waals surface area contributed by atoms with Gasteiger partial charge in [0.25, 0.3) is 0 Å². The third kappa shape index (κ3) is 4.97. The fourth-order valence-corrected chi connectivity index (χ4v) is 4.54. The van der Waals surface area contributed by atoms with Crippen molar-refractivity contribution in [3.63, 3.8) is 0 Å². The smallest absolute Gasteiger partial charge is 0.239 e. The molecule has 0 saturated carbocycles. The van der Waals surface area contributed by atoms with Crippen molar-refractivity contribution in [3.8, 4) is 0 Å². The second-order valence-corrected chi connectivity index (χ2v) is 8.58. The first-order chi connectivity index (χ1) is 12.5. The molecule has 0 aromatic carbocycles. The lowest BCUT2D eigenvalue weighted by molar-refractivity contribution is -0.138. The van der Waals surface area contributed by atoms with Crippen LogP contribution < -0.4 is 10.6 Å². The molecule has 26 heavy (non-hydrogen) atoms. The second kappa shape index (κ2) is 9.18. The number of hydrogen-bond acceptors (Lipinski definition) is 4. The predicted octanol–water partition coefficient (Wildman–Crippen LogP) is 1.21. The fourth-order valence-electron chi connectivity index (χ4n) is 4.54. The summed E-state index contributed by atoms with van der Waals surface area (Å²) in [5.74, 6) is 1.63. The largest absolute Gasteiger partial charge is 0.354 e. The van der Waals surface area contributed by atoms with E-state index in [-0.39, 0.29) is 23.9 Å². The lowest BCUT2D eigenvalue weighted by atomic mass is 9.95. The van der Waals surface area contributed by atoms with E-state index in [0.717, 1.165) is 83.7 Å². The molecule has 3 fully saturated rings. The molecule has 6 nitrogen and oxygen atoms in total. The quantitative estimate of drug-likeness (QED) is 0.770. The highest BCUT2D eigenvalue weighted by molar-refractivity contribution is 5.82. The van der Waals surface area contributed by atoms with Crippen LogP contribution in [0.1, 0.15) is 52.4 Å². The van der Waals surface area contributed by atoms with Gasteiger partial charge in [-0.25, -0.2) is 0 Å². The summed E-state index contributed by atoms with van der Waals surface area (Å²) in [5.41, 5.74) is 0. The lowest BCUT2D eigenvalue weighted by Crippen LogP contribution is -2.53. The first-order valence-electron chi connectivity index (χ1n) is 10.6. The highest BCUT2D eigenvalue weighted by Crippen LogP contribution is 2.21. The Morgan fingerprint density at radius 1 is 1.12 bits per heavy atom. The summed E-state index contributed by atoms with van der Waals surface area (Å²) in [4.78, 5) is 29.4. The van der Waals surface area contributed by atoms with E-state index < -0.39 is 0 Å². The minimum atomic E-state index is -0.0431. The van der Waals surface area contributed by atoms with Crippen molar-refractivity contribution in [2.75, 3.05) is 39.3 Å². The molecule has 3 aliphatic rings. The molecular formula is C20H36N4O2. The zero-order chi connectivity index (χ0) is 18.5. The molecule has 2 amide bonds. The summed E-state index contributed by atoms with van der Waals surface area (Å²) in [6.07, 6.45) is 6.53. The molecule has 148 valence electrons. The fraction of sp³-hybridized carbons (Fsp3) is 0.900. The van der Waals surface area contributed by atoms with Gasteiger partial charge in [0, 0.05) is 26.2 Å². The van der Waals surface area contributed by atoms with E-state index in [2.05, 4.69) is 34.3 Å². The van der Waals surface area contributed by atoms with Gasteiger partial charge in [0.15, 0.2) is 0 Å². The molecule has 3 unspecified atom stereocenters. The average Bonchev–Trinajstić information content (AvgIpc) is 3.21. The van der Waals surface area contributed by atoms with Gasteiger partial charge < -0.3 is 15.5 Å². The molecule has 0 aromatic rings. The van der Waals surface area contributed by atoms with Crippen molar-refractivity contribution < 1.29 is 9.59 Å². The van der Waals surface area contributed by atoms with Crippen LogP contribution in [0.25, 0.3) is 0 Å². The Hall–Kier alpha value is -1.14. The Morgan fingerprint density at radius 3 is 2.58 bits per heavy atom. The Kier molecular flexibility index (Phi) is 6.92. The minimum absolute atomic E-state index is 0.00307. The van der Waals surface area contributed by atoms with Crippen LogP contribution in [0, 0.1) is 11.8 Å². The third-order valence-corrected chi connectivity index (χ3v) is 6.49. The van der Waals surface area contributed by atoms with E-state index in [1.54, 1.807) is 0 Å². The van der Waals surface area contributed by atoms with Crippen LogP contribution in [0.2, 0.25) is 0 Å². The number of piperidine rings is 2. The molecule has 6 heteroatoms. The van der Waals surface area contributed by atoms with Crippen molar-refractivity contribution in [2.24, 2.45) is 11.8 Å². The molecule has 3 saturated heterocycles. The van der Waals surface area contributed by atoms with Crippen molar-refractivity contribution >= 4 is 11.8 Å². The molecule has 3 heterocycles. The van der Waals surface area contributed by atoms with Crippen molar-refractivity contribution in [1.29, 1.82) is 0 Å². The second-order valence-electron chi connectivity index (χ2n) is 8.58. The third-order valence-electron chi connectivity index (χ3n) is 6.49. The monoisotopic (exact) mass is 364 g/mol. The Balaban J connectivity index is 1.44. The van der Waals surface area contributed by atoms with Crippen molar-refractivity contribution in [2.45, 2.75) is 64.5 Å². The summed E-state index contributed by atoms with van der Waals surface area (Å²) in [6.45, 7) is 9.74. The van der Waals surface area contributed by atoms with Gasteiger partial charge in [-0.3, -0.25) is 14.5 Å². The van der Waals surface area contributed by atoms with Gasteiger partial charge in [-0.1, -0.05) is 6.92 Å². The topological polar surface area (TPSA) is 64.7 Å². The number of carbonyl (C=O) groups is 2. The molecule has 3 atom stereocenters. The average molecular weight is 365 g/mol. The molecule has 3 rings (SSSR count). The maximum absolute atomic E-state index is 12.9. The standard InChI is InChI=1S/C20H36N4O2/c1-15-7-11-23(12-8-15)20(26)16(2)24-10-4-5-17(14-24)13-22-19(25)18-6-3-9-21-18/h15-18,21H,3-14H2,1-2H3,(H,22,25). The normalized spacial score (nSPS) is 29.5. The molecule has 0 aliphatic carbocycles. The molecule has 0 aromatic heterocycles. The van der Waals surface area contributed by atoms with Crippen LogP contribution in [0.3, 0.4) is 0 Å². The minimum Gasteiger partial charge on any atom is -0.354 e. The highest BCUT2D eigenvalue weighted by Gasteiger charge is 2.31. The van der Waals surface area contributed by atoms with Crippen LogP contribution in [0.4, 0.5) is 0 Å². The number of hydrogen-bond donors (Lipinski definition) is 2. The summed E-state index contributed by atoms with van der Waals surface area (Å²) in [6, 6.07) is -0.0462. The van der Waals surface area contributed by atoms with Crippen LogP contribution >= 0.6 is 0 Å². The van der Waals surface area contributed by atoms with E-state index in [9.17, 15) is 9.59 Å². The summed E-state index contributed by atoms with van der Waals surface area (Å²) in [5, 5.41) is 6.38. The van der Waals surface area contributed by atoms with E-state index in [0.29, 0.717) is 5.92 Å². The summed E-state index contributed by atoms with van der Waals surface area (Å²) >= 11 is 0. The van der Waals surface area contributed by atoms with Gasteiger partial charge in [-0.05, 0) is 70.4 Å². The lowest BCUT2D eigenvalue weighted by Gasteiger charge is -2.39. The van der Waals surface area contributed by atoms with E-state index in [4.69, 9.17) is 0 Å². The molecule has 2 N–H and O–H groups in total. The van der Waals surface area contributed by atoms with Crippen molar-refractivity contribution in [1.82, 2.24) is 20.4 Å². The molecule has 3 aliphatic heterocycles. The highest BCUT2D eigenvalue weighted by atomic mass is 16.2. The zero-order valence-corrected chi connectivity index (χ0v) is 16.5. The number of carbonyl (C=O) groups excluding carboxylic acids is 2. The first-order valence-corrected chi connectivity index (χ1v) is 10.6. The van der Waals surface area contributed by atoms with Gasteiger partial charge in [-0.15, -0.1) is 0 Å². The Bertz CT molecular complexity index is 484. The zero-order valence-electron chi connectivity index (χ0n) is 16.5. The maximum Gasteiger partial charge on any atom is 0.239 e. The first kappa shape index (κ1) is 19.6. The van der Waals surface area contributed by atoms with Gasteiger partial charge in [0.05, 0.1) is 12.1 Å². The van der Waals surface area contributed by atoms with Gasteiger partial charge in [-0.2, -0.15) is 0 Å². The summed E-state index contributed by atoms with van der Waals surface area (Å²) < 4.78 is 0. The number of rotatable bonds is 5. The Labute approximate surface area is 158 Å². The van der Waals surface area contributed by atoms with Crippen LogP contribution in [-0.4, -0.2) is 73.0 Å². The van der Waals surface area contributed by atoms with E-state index >= 15 is 0 Å². The number of amides is 2. The Morgan fingerprint density at radius 2 is 1.88 bits per heavy atom. The number of nitrogens with one attached hydrogen (secondary N) is 2. The van der Waals surface area contributed by atoms with Gasteiger partial charge >= 0.3 is 0 Å². The van der Waals surface area contributed by atoms with Crippen molar-refractivity contribution in [3.05, 3.63) is 0 Å². The number of likely N-dealkylation sites (tertiary alicyclic amines) is 2. The molecular weight excluding hydrogens is 328 g/mol. The molecule has 0 bridgehead atoms. The number of nitrogens with zero attached hydrogens (tertiary/aromatic N) is 2. The van der Waals surface area contributed by atoms with Gasteiger partial charge in [0.1, 0.15) is 0 Å².